The third-order valence-corrected chi connectivity index (χ3v) is 3.74. The Labute approximate surface area is 130 Å². The fourth-order valence-corrected chi connectivity index (χ4v) is 2.76. The van der Waals surface area contributed by atoms with Crippen LogP contribution >= 0.6 is 15.9 Å². The Morgan fingerprint density at radius 2 is 1.90 bits per heavy atom. The van der Waals surface area contributed by atoms with Gasteiger partial charge < -0.3 is 5.73 Å². The van der Waals surface area contributed by atoms with Gasteiger partial charge in [0.1, 0.15) is 0 Å². The van der Waals surface area contributed by atoms with Crippen LogP contribution in [0.2, 0.25) is 0 Å². The SMILES string of the molecule is Cc1cc(Br)cc(-n2nnnc2-c2ccc(C)c(N)c2)c1. The standard InChI is InChI=1S/C15H14BrN5/c1-9-5-12(16)8-13(6-9)21-15(18-19-20-21)11-4-3-10(2)14(17)7-11/h3-8H,17H2,1-2H3. The van der Waals surface area contributed by atoms with Crippen molar-refractivity contribution in [3.05, 3.63) is 52.0 Å². The highest BCUT2D eigenvalue weighted by Crippen LogP contribution is 2.25. The summed E-state index contributed by atoms with van der Waals surface area (Å²) in [7, 11) is 0. The van der Waals surface area contributed by atoms with Crippen molar-refractivity contribution in [2.24, 2.45) is 0 Å². The lowest BCUT2D eigenvalue weighted by atomic mass is 10.1. The summed E-state index contributed by atoms with van der Waals surface area (Å²) in [5, 5.41) is 12.0. The maximum atomic E-state index is 5.98. The summed E-state index contributed by atoms with van der Waals surface area (Å²) in [4.78, 5) is 0. The molecule has 0 spiro atoms. The molecule has 0 saturated carbocycles. The number of nitrogens with two attached hydrogens (primary N) is 1. The first-order valence-electron chi connectivity index (χ1n) is 6.47. The fraction of sp³-hybridized carbons (Fsp3) is 0.133. The van der Waals surface area contributed by atoms with Crippen LogP contribution in [-0.4, -0.2) is 20.2 Å². The number of tetrazole rings is 1. The first kappa shape index (κ1) is 13.8. The van der Waals surface area contributed by atoms with Gasteiger partial charge in [0.2, 0.25) is 0 Å². The zero-order valence-electron chi connectivity index (χ0n) is 11.7. The van der Waals surface area contributed by atoms with Crippen molar-refractivity contribution in [2.75, 3.05) is 5.73 Å². The normalized spacial score (nSPS) is 10.8. The molecular weight excluding hydrogens is 330 g/mol. The van der Waals surface area contributed by atoms with Crippen LogP contribution in [0, 0.1) is 13.8 Å². The van der Waals surface area contributed by atoms with E-state index in [1.807, 2.05) is 50.2 Å². The number of aromatic nitrogens is 4. The molecule has 0 unspecified atom stereocenters. The molecule has 1 aromatic heterocycles. The molecule has 2 N–H and O–H groups in total. The summed E-state index contributed by atoms with van der Waals surface area (Å²) in [5.41, 5.74) is 10.7. The molecule has 0 radical (unpaired) electrons. The highest BCUT2D eigenvalue weighted by atomic mass is 79.9. The van der Waals surface area contributed by atoms with Gasteiger partial charge in [-0.1, -0.05) is 28.1 Å². The average Bonchev–Trinajstić information content (AvgIpc) is 2.90. The molecule has 0 aliphatic heterocycles. The van der Waals surface area contributed by atoms with Crippen molar-refractivity contribution >= 4 is 21.6 Å². The minimum Gasteiger partial charge on any atom is -0.398 e. The largest absolute Gasteiger partial charge is 0.398 e. The zero-order chi connectivity index (χ0) is 15.0. The predicted octanol–water partition coefficient (Wildman–Crippen LogP) is 3.29. The van der Waals surface area contributed by atoms with E-state index in [4.69, 9.17) is 5.73 Å². The Balaban J connectivity index is 2.14. The van der Waals surface area contributed by atoms with E-state index in [1.54, 1.807) is 4.68 Å². The van der Waals surface area contributed by atoms with Crippen LogP contribution in [0.4, 0.5) is 5.69 Å². The van der Waals surface area contributed by atoms with Crippen LogP contribution < -0.4 is 5.73 Å². The molecule has 106 valence electrons. The van der Waals surface area contributed by atoms with Gasteiger partial charge in [0, 0.05) is 15.7 Å². The lowest BCUT2D eigenvalue weighted by molar-refractivity contribution is 0.790. The van der Waals surface area contributed by atoms with Crippen molar-refractivity contribution in [3.63, 3.8) is 0 Å². The first-order chi connectivity index (χ1) is 10.0. The molecule has 0 amide bonds. The number of rotatable bonds is 2. The number of aryl methyl sites for hydroxylation is 2. The number of benzene rings is 2. The van der Waals surface area contributed by atoms with Crippen molar-refractivity contribution in [2.45, 2.75) is 13.8 Å². The number of halogens is 1. The highest BCUT2D eigenvalue weighted by Gasteiger charge is 2.12. The van der Waals surface area contributed by atoms with E-state index < -0.39 is 0 Å². The number of nitrogen functional groups attached to an aromatic ring is 1. The fourth-order valence-electron chi connectivity index (χ4n) is 2.16. The minimum atomic E-state index is 0.666. The summed E-state index contributed by atoms with van der Waals surface area (Å²) in [6.07, 6.45) is 0. The maximum Gasteiger partial charge on any atom is 0.187 e. The molecule has 0 fully saturated rings. The third-order valence-electron chi connectivity index (χ3n) is 3.28. The van der Waals surface area contributed by atoms with Crippen molar-refractivity contribution in [1.82, 2.24) is 20.2 Å². The van der Waals surface area contributed by atoms with Crippen LogP contribution in [0.3, 0.4) is 0 Å². The van der Waals surface area contributed by atoms with Crippen LogP contribution in [0.25, 0.3) is 17.1 Å². The summed E-state index contributed by atoms with van der Waals surface area (Å²) >= 11 is 3.50. The van der Waals surface area contributed by atoms with Gasteiger partial charge in [0.15, 0.2) is 5.82 Å². The van der Waals surface area contributed by atoms with Crippen LogP contribution in [0.15, 0.2) is 40.9 Å². The van der Waals surface area contributed by atoms with E-state index in [0.717, 1.165) is 32.5 Å². The molecule has 0 aliphatic carbocycles. The highest BCUT2D eigenvalue weighted by molar-refractivity contribution is 9.10. The third kappa shape index (κ3) is 2.67. The Hall–Kier alpha value is -2.21. The van der Waals surface area contributed by atoms with E-state index >= 15 is 0 Å². The minimum absolute atomic E-state index is 0.666. The molecule has 3 rings (SSSR count). The summed E-state index contributed by atoms with van der Waals surface area (Å²) in [5.74, 6) is 0.666. The van der Waals surface area contributed by atoms with E-state index in [-0.39, 0.29) is 0 Å². The quantitative estimate of drug-likeness (QED) is 0.725. The van der Waals surface area contributed by atoms with Crippen LogP contribution in [0.5, 0.6) is 0 Å². The Bertz CT molecular complexity index is 789. The summed E-state index contributed by atoms with van der Waals surface area (Å²) in [6.45, 7) is 4.00. The van der Waals surface area contributed by atoms with E-state index in [0.29, 0.717) is 5.82 Å². The lowest BCUT2D eigenvalue weighted by Gasteiger charge is -2.08. The Kier molecular flexibility index (Phi) is 3.47. The van der Waals surface area contributed by atoms with Gasteiger partial charge in [-0.3, -0.25) is 0 Å². The molecule has 0 aliphatic rings. The molecule has 0 bridgehead atoms. The van der Waals surface area contributed by atoms with Crippen molar-refractivity contribution in [1.29, 1.82) is 0 Å². The van der Waals surface area contributed by atoms with Crippen LogP contribution in [0.1, 0.15) is 11.1 Å². The second kappa shape index (κ2) is 5.29. The Morgan fingerprint density at radius 1 is 1.10 bits per heavy atom. The van der Waals surface area contributed by atoms with Crippen molar-refractivity contribution in [3.8, 4) is 17.1 Å². The molecule has 6 heteroatoms. The second-order valence-electron chi connectivity index (χ2n) is 4.97. The van der Waals surface area contributed by atoms with Crippen molar-refractivity contribution < 1.29 is 0 Å². The number of nitrogens with zero attached hydrogens (tertiary/aromatic N) is 4. The van der Waals surface area contributed by atoms with Crippen LogP contribution in [-0.2, 0) is 0 Å². The van der Waals surface area contributed by atoms with E-state index in [1.165, 1.54) is 0 Å². The van der Waals surface area contributed by atoms with Gasteiger partial charge in [-0.15, -0.1) is 5.10 Å². The Morgan fingerprint density at radius 3 is 2.62 bits per heavy atom. The van der Waals surface area contributed by atoms with Gasteiger partial charge in [-0.2, -0.15) is 4.68 Å². The molecule has 0 atom stereocenters. The number of hydrogen-bond acceptors (Lipinski definition) is 4. The van der Waals surface area contributed by atoms with E-state index in [2.05, 4.69) is 31.5 Å². The number of hydrogen-bond donors (Lipinski definition) is 1. The number of anilines is 1. The smallest absolute Gasteiger partial charge is 0.187 e. The second-order valence-corrected chi connectivity index (χ2v) is 5.89. The van der Waals surface area contributed by atoms with Gasteiger partial charge in [0.05, 0.1) is 5.69 Å². The average molecular weight is 344 g/mol. The zero-order valence-corrected chi connectivity index (χ0v) is 13.3. The molecule has 1 heterocycles. The molecule has 2 aromatic carbocycles. The molecule has 5 nitrogen and oxygen atoms in total. The topological polar surface area (TPSA) is 69.6 Å². The maximum absolute atomic E-state index is 5.98. The summed E-state index contributed by atoms with van der Waals surface area (Å²) < 4.78 is 2.70. The van der Waals surface area contributed by atoms with Gasteiger partial charge >= 0.3 is 0 Å². The first-order valence-corrected chi connectivity index (χ1v) is 7.26. The lowest BCUT2D eigenvalue weighted by Crippen LogP contribution is -2.01. The van der Waals surface area contributed by atoms with Gasteiger partial charge in [0.25, 0.3) is 0 Å². The summed E-state index contributed by atoms with van der Waals surface area (Å²) in [6, 6.07) is 11.9. The molecule has 21 heavy (non-hydrogen) atoms. The van der Waals surface area contributed by atoms with E-state index in [9.17, 15) is 0 Å². The molecular formula is C15H14BrN5. The molecule has 3 aromatic rings. The van der Waals surface area contributed by atoms with Gasteiger partial charge in [-0.05, 0) is 59.7 Å². The monoisotopic (exact) mass is 343 g/mol. The molecule has 0 saturated heterocycles. The predicted molar refractivity (Wildman–Crippen MR) is 86.2 cm³/mol. The van der Waals surface area contributed by atoms with Gasteiger partial charge in [-0.25, -0.2) is 0 Å².